The van der Waals surface area contributed by atoms with Crippen molar-refractivity contribution in [1.82, 2.24) is 9.91 Å². The summed E-state index contributed by atoms with van der Waals surface area (Å²) in [5.41, 5.74) is 1.76. The van der Waals surface area contributed by atoms with Gasteiger partial charge in [0.15, 0.2) is 21.3 Å². The minimum atomic E-state index is -3.02. The van der Waals surface area contributed by atoms with Gasteiger partial charge in [0.25, 0.3) is 5.91 Å². The lowest BCUT2D eigenvalue weighted by molar-refractivity contribution is -0.134. The molecule has 0 saturated carbocycles. The van der Waals surface area contributed by atoms with Gasteiger partial charge in [0, 0.05) is 12.5 Å². The van der Waals surface area contributed by atoms with Crippen LogP contribution in [-0.2, 0) is 14.6 Å². The van der Waals surface area contributed by atoms with E-state index < -0.39 is 9.84 Å². The van der Waals surface area contributed by atoms with E-state index in [-0.39, 0.29) is 36.0 Å². The first-order valence-electron chi connectivity index (χ1n) is 10.4. The maximum Gasteiger partial charge on any atom is 0.257 e. The molecular formula is C22H27N3O5S2. The number of amides is 1. The Labute approximate surface area is 192 Å². The molecule has 0 spiro atoms. The fourth-order valence-corrected chi connectivity index (χ4v) is 6.72. The molecule has 8 nitrogen and oxygen atoms in total. The second-order valence-corrected chi connectivity index (χ2v) is 11.2. The lowest BCUT2D eigenvalue weighted by Gasteiger charge is -2.27. The van der Waals surface area contributed by atoms with Crippen LogP contribution < -0.4 is 9.47 Å². The number of carbonyl (C=O) groups is 1. The van der Waals surface area contributed by atoms with Crippen molar-refractivity contribution >= 4 is 32.8 Å². The number of carbonyl (C=O) groups excluding carboxylic acids is 1. The zero-order valence-electron chi connectivity index (χ0n) is 18.4. The molecule has 0 unspecified atom stereocenters. The number of hydrogen-bond donors (Lipinski definition) is 0. The molecule has 0 bridgehead atoms. The van der Waals surface area contributed by atoms with Crippen molar-refractivity contribution in [3.63, 3.8) is 0 Å². The van der Waals surface area contributed by atoms with E-state index in [1.54, 1.807) is 32.6 Å². The highest BCUT2D eigenvalue weighted by Crippen LogP contribution is 2.38. The lowest BCUT2D eigenvalue weighted by atomic mass is 10.0. The molecular weight excluding hydrogens is 450 g/mol. The molecule has 0 aliphatic carbocycles. The predicted octanol–water partition coefficient (Wildman–Crippen LogP) is 2.56. The van der Waals surface area contributed by atoms with E-state index >= 15 is 0 Å². The summed E-state index contributed by atoms with van der Waals surface area (Å²) in [7, 11) is 1.94. The maximum atomic E-state index is 13.3. The average Bonchev–Trinajstić information content (AvgIpc) is 3.52. The fourth-order valence-electron chi connectivity index (χ4n) is 4.19. The molecule has 4 rings (SSSR count). The molecule has 1 aromatic heterocycles. The normalized spacial score (nSPS) is 22.2. The topological polar surface area (TPSA) is 88.5 Å². The minimum absolute atomic E-state index is 0.0968. The number of thiophene rings is 1. The van der Waals surface area contributed by atoms with Crippen LogP contribution in [0.15, 0.2) is 40.8 Å². The van der Waals surface area contributed by atoms with Crippen molar-refractivity contribution in [2.75, 3.05) is 39.3 Å². The maximum absolute atomic E-state index is 13.3. The Balaban J connectivity index is 1.59. The molecule has 10 heteroatoms. The second kappa shape index (κ2) is 9.21. The van der Waals surface area contributed by atoms with Gasteiger partial charge in [0.2, 0.25) is 0 Å². The first-order valence-corrected chi connectivity index (χ1v) is 13.1. The summed E-state index contributed by atoms with van der Waals surface area (Å²) in [6.07, 6.45) is 1.14. The first-order chi connectivity index (χ1) is 15.3. The Kier molecular flexibility index (Phi) is 6.55. The summed E-state index contributed by atoms with van der Waals surface area (Å²) >= 11 is 1.59. The first kappa shape index (κ1) is 22.8. The van der Waals surface area contributed by atoms with E-state index in [1.807, 2.05) is 40.6 Å². The SMILES string of the molecule is COc1ccc([C@H]2CC(c3cccs3)=NN2C(=O)CN(C)[C@@H]2CCS(=O)(=O)C2)cc1OC. The lowest BCUT2D eigenvalue weighted by Crippen LogP contribution is -2.41. The minimum Gasteiger partial charge on any atom is -0.493 e. The molecule has 1 saturated heterocycles. The highest BCUT2D eigenvalue weighted by molar-refractivity contribution is 7.91. The third-order valence-corrected chi connectivity index (χ3v) is 8.65. The number of likely N-dealkylation sites (N-methyl/N-ethyl adjacent to an activating group) is 1. The van der Waals surface area contributed by atoms with Gasteiger partial charge < -0.3 is 9.47 Å². The van der Waals surface area contributed by atoms with Crippen molar-refractivity contribution in [3.8, 4) is 11.5 Å². The Bertz CT molecular complexity index is 1110. The van der Waals surface area contributed by atoms with Gasteiger partial charge in [0.1, 0.15) is 0 Å². The molecule has 2 atom stereocenters. The largest absolute Gasteiger partial charge is 0.493 e. The predicted molar refractivity (Wildman–Crippen MR) is 124 cm³/mol. The van der Waals surface area contributed by atoms with Crippen LogP contribution >= 0.6 is 11.3 Å². The molecule has 3 heterocycles. The Morgan fingerprint density at radius 3 is 2.66 bits per heavy atom. The van der Waals surface area contributed by atoms with Crippen molar-refractivity contribution in [3.05, 3.63) is 46.2 Å². The van der Waals surface area contributed by atoms with E-state index in [0.717, 1.165) is 16.2 Å². The number of sulfone groups is 1. The average molecular weight is 478 g/mol. The molecule has 0 radical (unpaired) electrons. The summed E-state index contributed by atoms with van der Waals surface area (Å²) in [4.78, 5) is 16.2. The summed E-state index contributed by atoms with van der Waals surface area (Å²) in [5, 5.41) is 8.21. The van der Waals surface area contributed by atoms with Crippen molar-refractivity contribution < 1.29 is 22.7 Å². The van der Waals surface area contributed by atoms with Crippen molar-refractivity contribution in [2.45, 2.75) is 24.9 Å². The molecule has 1 aromatic carbocycles. The standard InChI is InChI=1S/C22H27N3O5S2/c1-24(16-8-10-32(27,28)14-16)13-22(26)25-18(12-17(23-25)21-5-4-9-31-21)15-6-7-19(29-2)20(11-15)30-3/h4-7,9,11,16,18H,8,10,12-14H2,1-3H3/t16-,18-/m1/s1. The van der Waals surface area contributed by atoms with Gasteiger partial charge in [-0.2, -0.15) is 5.10 Å². The monoisotopic (exact) mass is 477 g/mol. The number of rotatable bonds is 7. The number of benzene rings is 1. The zero-order chi connectivity index (χ0) is 22.9. The number of hydrazone groups is 1. The van der Waals surface area contributed by atoms with Crippen LogP contribution in [0.2, 0.25) is 0 Å². The molecule has 1 amide bonds. The van der Waals surface area contributed by atoms with Crippen LogP contribution in [0.5, 0.6) is 11.5 Å². The number of hydrogen-bond acceptors (Lipinski definition) is 8. The second-order valence-electron chi connectivity index (χ2n) is 8.07. The summed E-state index contributed by atoms with van der Waals surface area (Å²) in [6, 6.07) is 9.17. The Morgan fingerprint density at radius 1 is 1.25 bits per heavy atom. The third-order valence-electron chi connectivity index (χ3n) is 5.98. The smallest absolute Gasteiger partial charge is 0.257 e. The number of ether oxygens (including phenoxy) is 2. The number of nitrogens with zero attached hydrogens (tertiary/aromatic N) is 3. The van der Waals surface area contributed by atoms with E-state index in [2.05, 4.69) is 5.10 Å². The molecule has 172 valence electrons. The Morgan fingerprint density at radius 2 is 2.03 bits per heavy atom. The summed E-state index contributed by atoms with van der Waals surface area (Å²) in [6.45, 7) is 0.102. The number of methoxy groups -OCH3 is 2. The molecule has 0 N–H and O–H groups in total. The Hall–Kier alpha value is -2.43. The van der Waals surface area contributed by atoms with Gasteiger partial charge in [-0.15, -0.1) is 11.3 Å². The van der Waals surface area contributed by atoms with E-state index in [9.17, 15) is 13.2 Å². The highest BCUT2D eigenvalue weighted by Gasteiger charge is 2.36. The molecule has 2 aliphatic heterocycles. The van der Waals surface area contributed by atoms with Gasteiger partial charge in [-0.1, -0.05) is 12.1 Å². The summed E-state index contributed by atoms with van der Waals surface area (Å²) in [5.74, 6) is 1.32. The quantitative estimate of drug-likeness (QED) is 0.609. The van der Waals surface area contributed by atoms with E-state index in [4.69, 9.17) is 9.47 Å². The van der Waals surface area contributed by atoms with Crippen LogP contribution in [0.3, 0.4) is 0 Å². The zero-order valence-corrected chi connectivity index (χ0v) is 20.0. The van der Waals surface area contributed by atoms with Gasteiger partial charge in [-0.05, 0) is 42.6 Å². The van der Waals surface area contributed by atoms with Crippen LogP contribution in [0.4, 0.5) is 0 Å². The van der Waals surface area contributed by atoms with Crippen molar-refractivity contribution in [1.29, 1.82) is 0 Å². The van der Waals surface area contributed by atoms with E-state index in [0.29, 0.717) is 24.3 Å². The molecule has 32 heavy (non-hydrogen) atoms. The van der Waals surface area contributed by atoms with Gasteiger partial charge in [0.05, 0.1) is 48.9 Å². The molecule has 1 fully saturated rings. The molecule has 2 aliphatic rings. The van der Waals surface area contributed by atoms with Crippen LogP contribution in [0.25, 0.3) is 0 Å². The van der Waals surface area contributed by atoms with Crippen LogP contribution in [0.1, 0.15) is 29.3 Å². The highest BCUT2D eigenvalue weighted by atomic mass is 32.2. The van der Waals surface area contributed by atoms with Crippen LogP contribution in [0, 0.1) is 0 Å². The third kappa shape index (κ3) is 4.67. The van der Waals surface area contributed by atoms with E-state index in [1.165, 1.54) is 5.01 Å². The van der Waals surface area contributed by atoms with Gasteiger partial charge in [-0.3, -0.25) is 9.69 Å². The van der Waals surface area contributed by atoms with Gasteiger partial charge >= 0.3 is 0 Å². The fraction of sp³-hybridized carbons (Fsp3) is 0.455. The summed E-state index contributed by atoms with van der Waals surface area (Å²) < 4.78 is 34.5. The van der Waals surface area contributed by atoms with Crippen LogP contribution in [-0.4, -0.2) is 75.3 Å². The molecule has 2 aromatic rings. The van der Waals surface area contributed by atoms with Crippen molar-refractivity contribution in [2.24, 2.45) is 5.10 Å². The van der Waals surface area contributed by atoms with Gasteiger partial charge in [-0.25, -0.2) is 13.4 Å².